The van der Waals surface area contributed by atoms with Crippen LogP contribution in [0, 0.1) is 0 Å². The first kappa shape index (κ1) is 19.2. The first-order valence-electron chi connectivity index (χ1n) is 9.53. The van der Waals surface area contributed by atoms with Crippen LogP contribution in [0.4, 0.5) is 5.69 Å². The number of nitrogens with zero attached hydrogens (tertiary/aromatic N) is 1. The lowest BCUT2D eigenvalue weighted by Gasteiger charge is -2.12. The van der Waals surface area contributed by atoms with Crippen LogP contribution in [-0.4, -0.2) is 19.9 Å². The number of ketones is 1. The molecule has 0 N–H and O–H groups in total. The lowest BCUT2D eigenvalue weighted by atomic mass is 9.99. The zero-order chi connectivity index (χ0) is 18.1. The van der Waals surface area contributed by atoms with Crippen molar-refractivity contribution in [2.75, 3.05) is 19.0 Å². The molecule has 0 bridgehead atoms. The van der Waals surface area contributed by atoms with E-state index in [-0.39, 0.29) is 5.78 Å². The molecule has 0 radical (unpaired) electrons. The van der Waals surface area contributed by atoms with E-state index in [0.29, 0.717) is 0 Å². The van der Waals surface area contributed by atoms with Gasteiger partial charge in [0.1, 0.15) is 0 Å². The van der Waals surface area contributed by atoms with Crippen molar-refractivity contribution in [3.05, 3.63) is 65.2 Å². The number of aryl methyl sites for hydroxylation is 1. The molecule has 134 valence electrons. The highest BCUT2D eigenvalue weighted by Gasteiger charge is 2.09. The quantitative estimate of drug-likeness (QED) is 0.398. The summed E-state index contributed by atoms with van der Waals surface area (Å²) in [5.41, 5.74) is 3.94. The minimum atomic E-state index is 0.0939. The van der Waals surface area contributed by atoms with E-state index < -0.39 is 0 Å². The number of hydrogen-bond donors (Lipinski definition) is 0. The summed E-state index contributed by atoms with van der Waals surface area (Å²) in [5.74, 6) is 0.0939. The topological polar surface area (TPSA) is 20.3 Å². The molecule has 0 aliphatic rings. The maximum atomic E-state index is 12.6. The van der Waals surface area contributed by atoms with Gasteiger partial charge in [0, 0.05) is 30.9 Å². The molecule has 2 nitrogen and oxygen atoms in total. The van der Waals surface area contributed by atoms with Gasteiger partial charge in [-0.1, -0.05) is 63.3 Å². The van der Waals surface area contributed by atoms with Gasteiger partial charge in [-0.05, 0) is 42.7 Å². The Morgan fingerprint density at radius 1 is 0.760 bits per heavy atom. The normalized spacial score (nSPS) is 10.7. The Labute approximate surface area is 152 Å². The molecule has 0 heterocycles. The Morgan fingerprint density at radius 2 is 1.28 bits per heavy atom. The third-order valence-electron chi connectivity index (χ3n) is 4.68. The van der Waals surface area contributed by atoms with Gasteiger partial charge >= 0.3 is 0 Å². The monoisotopic (exact) mass is 337 g/mol. The van der Waals surface area contributed by atoms with E-state index in [1.807, 2.05) is 55.4 Å². The molecule has 0 amide bonds. The smallest absolute Gasteiger partial charge is 0.193 e. The van der Waals surface area contributed by atoms with Crippen LogP contribution in [0.25, 0.3) is 0 Å². The van der Waals surface area contributed by atoms with Crippen LogP contribution in [0.5, 0.6) is 0 Å². The lowest BCUT2D eigenvalue weighted by molar-refractivity contribution is 0.103. The van der Waals surface area contributed by atoms with Crippen molar-refractivity contribution in [3.63, 3.8) is 0 Å². The summed E-state index contributed by atoms with van der Waals surface area (Å²) in [7, 11) is 4.00. The van der Waals surface area contributed by atoms with Crippen molar-refractivity contribution in [3.8, 4) is 0 Å². The maximum absolute atomic E-state index is 12.6. The minimum Gasteiger partial charge on any atom is -0.378 e. The summed E-state index contributed by atoms with van der Waals surface area (Å²) < 4.78 is 0. The third kappa shape index (κ3) is 6.04. The second kappa shape index (κ2) is 10.0. The molecule has 0 aliphatic carbocycles. The van der Waals surface area contributed by atoms with E-state index in [2.05, 4.69) is 19.1 Å². The highest BCUT2D eigenvalue weighted by Crippen LogP contribution is 2.17. The fourth-order valence-corrected chi connectivity index (χ4v) is 3.01. The van der Waals surface area contributed by atoms with Crippen LogP contribution in [0.3, 0.4) is 0 Å². The molecule has 0 saturated heterocycles. The van der Waals surface area contributed by atoms with Crippen LogP contribution in [0.15, 0.2) is 48.5 Å². The lowest BCUT2D eigenvalue weighted by Crippen LogP contribution is -2.09. The minimum absolute atomic E-state index is 0.0939. The van der Waals surface area contributed by atoms with E-state index in [9.17, 15) is 4.79 Å². The second-order valence-electron chi connectivity index (χ2n) is 6.99. The van der Waals surface area contributed by atoms with Crippen molar-refractivity contribution < 1.29 is 4.79 Å². The first-order valence-corrected chi connectivity index (χ1v) is 9.53. The SMILES string of the molecule is CCCCCCCCc1ccc(C(=O)c2ccc(N(C)C)cc2)cc1. The van der Waals surface area contributed by atoms with Crippen LogP contribution >= 0.6 is 0 Å². The molecule has 2 aromatic carbocycles. The van der Waals surface area contributed by atoms with Crippen molar-refractivity contribution in [2.24, 2.45) is 0 Å². The Hall–Kier alpha value is -2.09. The molecule has 0 fully saturated rings. The predicted octanol–water partition coefficient (Wildman–Crippen LogP) is 5.89. The van der Waals surface area contributed by atoms with Gasteiger partial charge in [-0.3, -0.25) is 4.79 Å². The van der Waals surface area contributed by atoms with E-state index in [0.717, 1.165) is 23.2 Å². The molecule has 0 unspecified atom stereocenters. The molecule has 0 atom stereocenters. The van der Waals surface area contributed by atoms with E-state index in [4.69, 9.17) is 0 Å². The van der Waals surface area contributed by atoms with Crippen molar-refractivity contribution >= 4 is 11.5 Å². The van der Waals surface area contributed by atoms with Crippen LogP contribution in [-0.2, 0) is 6.42 Å². The highest BCUT2D eigenvalue weighted by molar-refractivity contribution is 6.09. The Balaban J connectivity index is 1.87. The Morgan fingerprint density at radius 3 is 1.84 bits per heavy atom. The number of anilines is 1. The summed E-state index contributed by atoms with van der Waals surface area (Å²) in [6.07, 6.45) is 9.00. The average Bonchev–Trinajstić information content (AvgIpc) is 2.64. The summed E-state index contributed by atoms with van der Waals surface area (Å²) in [6.45, 7) is 2.25. The van der Waals surface area contributed by atoms with Crippen LogP contribution in [0.2, 0.25) is 0 Å². The van der Waals surface area contributed by atoms with Gasteiger partial charge in [-0.15, -0.1) is 0 Å². The number of benzene rings is 2. The van der Waals surface area contributed by atoms with Crippen LogP contribution in [0.1, 0.15) is 66.9 Å². The summed E-state index contributed by atoms with van der Waals surface area (Å²) in [5, 5.41) is 0. The molecule has 25 heavy (non-hydrogen) atoms. The highest BCUT2D eigenvalue weighted by atomic mass is 16.1. The van der Waals surface area contributed by atoms with E-state index >= 15 is 0 Å². The zero-order valence-electron chi connectivity index (χ0n) is 15.9. The molecular formula is C23H31NO. The Kier molecular flexibility index (Phi) is 7.72. The van der Waals surface area contributed by atoms with Crippen molar-refractivity contribution in [2.45, 2.75) is 51.9 Å². The summed E-state index contributed by atoms with van der Waals surface area (Å²) in [6, 6.07) is 15.9. The largest absolute Gasteiger partial charge is 0.378 e. The van der Waals surface area contributed by atoms with Gasteiger partial charge < -0.3 is 4.90 Å². The molecule has 0 saturated carbocycles. The number of unbranched alkanes of at least 4 members (excludes halogenated alkanes) is 5. The molecular weight excluding hydrogens is 306 g/mol. The molecule has 2 aromatic rings. The van der Waals surface area contributed by atoms with Crippen LogP contribution < -0.4 is 4.90 Å². The first-order chi connectivity index (χ1) is 12.1. The zero-order valence-corrected chi connectivity index (χ0v) is 15.9. The average molecular weight is 338 g/mol. The van der Waals surface area contributed by atoms with Gasteiger partial charge in [0.05, 0.1) is 0 Å². The fourth-order valence-electron chi connectivity index (χ4n) is 3.01. The van der Waals surface area contributed by atoms with Gasteiger partial charge in [0.25, 0.3) is 0 Å². The van der Waals surface area contributed by atoms with E-state index in [1.54, 1.807) is 0 Å². The second-order valence-corrected chi connectivity index (χ2v) is 6.99. The molecule has 0 spiro atoms. The van der Waals surface area contributed by atoms with Gasteiger partial charge in [0.15, 0.2) is 5.78 Å². The number of carbonyl (C=O) groups excluding carboxylic acids is 1. The fraction of sp³-hybridized carbons (Fsp3) is 0.435. The number of rotatable bonds is 10. The van der Waals surface area contributed by atoms with Gasteiger partial charge in [-0.25, -0.2) is 0 Å². The molecule has 2 rings (SSSR count). The summed E-state index contributed by atoms with van der Waals surface area (Å²) >= 11 is 0. The predicted molar refractivity (Wildman–Crippen MR) is 108 cm³/mol. The van der Waals surface area contributed by atoms with Gasteiger partial charge in [-0.2, -0.15) is 0 Å². The Bertz CT molecular complexity index is 641. The number of hydrogen-bond acceptors (Lipinski definition) is 2. The van der Waals surface area contributed by atoms with Crippen molar-refractivity contribution in [1.29, 1.82) is 0 Å². The molecule has 2 heteroatoms. The molecule has 0 aromatic heterocycles. The molecule has 0 aliphatic heterocycles. The van der Waals surface area contributed by atoms with Gasteiger partial charge in [0.2, 0.25) is 0 Å². The third-order valence-corrected chi connectivity index (χ3v) is 4.68. The van der Waals surface area contributed by atoms with Crippen molar-refractivity contribution in [1.82, 2.24) is 0 Å². The van der Waals surface area contributed by atoms with E-state index in [1.165, 1.54) is 44.1 Å². The maximum Gasteiger partial charge on any atom is 0.193 e. The number of carbonyl (C=O) groups is 1. The summed E-state index contributed by atoms with van der Waals surface area (Å²) in [4.78, 5) is 14.6. The standard InChI is InChI=1S/C23H31NO/c1-4-5-6-7-8-9-10-19-11-13-20(14-12-19)23(25)21-15-17-22(18-16-21)24(2)3/h11-18H,4-10H2,1-3H3.